The van der Waals surface area contributed by atoms with E-state index in [4.69, 9.17) is 14.7 Å². The lowest BCUT2D eigenvalue weighted by molar-refractivity contribution is 0.122. The average Bonchev–Trinajstić information content (AvgIpc) is 3.54. The van der Waals surface area contributed by atoms with E-state index in [-0.39, 0.29) is 0 Å². The average molecular weight is 417 g/mol. The highest BCUT2D eigenvalue weighted by Crippen LogP contribution is 2.36. The van der Waals surface area contributed by atoms with Crippen LogP contribution in [0.4, 0.5) is 5.82 Å². The molecule has 1 fully saturated rings. The number of rotatable bonds is 4. The fraction of sp³-hybridized carbons (Fsp3) is 0.238. The van der Waals surface area contributed by atoms with Gasteiger partial charge >= 0.3 is 0 Å². The topological polar surface area (TPSA) is 84.8 Å². The number of aromatic nitrogens is 6. The van der Waals surface area contributed by atoms with E-state index in [0.29, 0.717) is 13.2 Å². The molecule has 8 nitrogen and oxygen atoms in total. The zero-order chi connectivity index (χ0) is 19.9. The van der Waals surface area contributed by atoms with Crippen molar-refractivity contribution in [1.29, 1.82) is 0 Å². The molecule has 0 saturated carbocycles. The largest absolute Gasteiger partial charge is 0.378 e. The van der Waals surface area contributed by atoms with Crippen LogP contribution in [0.25, 0.3) is 32.5 Å². The number of imidazole rings is 1. The van der Waals surface area contributed by atoms with Gasteiger partial charge in [0.2, 0.25) is 0 Å². The minimum absolute atomic E-state index is 0.714. The van der Waals surface area contributed by atoms with Gasteiger partial charge < -0.3 is 14.2 Å². The molecule has 0 atom stereocenters. The first-order valence-electron chi connectivity index (χ1n) is 9.86. The highest BCUT2D eigenvalue weighted by atomic mass is 32.1. The molecule has 4 aromatic heterocycles. The first-order chi connectivity index (χ1) is 14.8. The molecule has 1 N–H and O–H groups in total. The minimum atomic E-state index is 0.714. The van der Waals surface area contributed by atoms with Gasteiger partial charge in [-0.1, -0.05) is 12.1 Å². The SMILES string of the molecule is c1cc(-c2nc(N3CCOCC3)c3sc(Cn4ccnc4)cc3n2)c2cn[nH]c2c1. The summed E-state index contributed by atoms with van der Waals surface area (Å²) in [6, 6.07) is 8.25. The number of thiophene rings is 1. The third kappa shape index (κ3) is 3.03. The summed E-state index contributed by atoms with van der Waals surface area (Å²) in [6.07, 6.45) is 7.45. The van der Waals surface area contributed by atoms with Crippen LogP contribution >= 0.6 is 11.3 Å². The number of aromatic amines is 1. The van der Waals surface area contributed by atoms with Crippen LogP contribution in [0, 0.1) is 0 Å². The maximum absolute atomic E-state index is 5.57. The van der Waals surface area contributed by atoms with Crippen LogP contribution in [-0.2, 0) is 11.3 Å². The van der Waals surface area contributed by atoms with Crippen molar-refractivity contribution in [1.82, 2.24) is 29.7 Å². The van der Waals surface area contributed by atoms with Gasteiger partial charge in [0.05, 0.1) is 48.0 Å². The molecule has 0 unspecified atom stereocenters. The highest BCUT2D eigenvalue weighted by Gasteiger charge is 2.21. The third-order valence-electron chi connectivity index (χ3n) is 5.34. The van der Waals surface area contributed by atoms with Crippen LogP contribution in [0.3, 0.4) is 0 Å². The van der Waals surface area contributed by atoms with Crippen molar-refractivity contribution in [2.75, 3.05) is 31.2 Å². The van der Waals surface area contributed by atoms with Crippen LogP contribution < -0.4 is 4.90 Å². The van der Waals surface area contributed by atoms with Gasteiger partial charge in [0, 0.05) is 41.3 Å². The Hall–Kier alpha value is -3.30. The lowest BCUT2D eigenvalue weighted by atomic mass is 10.1. The quantitative estimate of drug-likeness (QED) is 0.483. The van der Waals surface area contributed by atoms with Gasteiger partial charge in [0.15, 0.2) is 11.6 Å². The molecule has 0 amide bonds. The second-order valence-corrected chi connectivity index (χ2v) is 8.41. The molecule has 1 aromatic carbocycles. The number of anilines is 1. The second kappa shape index (κ2) is 7.19. The molecule has 1 saturated heterocycles. The first-order valence-corrected chi connectivity index (χ1v) is 10.7. The third-order valence-corrected chi connectivity index (χ3v) is 6.44. The molecule has 0 bridgehead atoms. The highest BCUT2D eigenvalue weighted by molar-refractivity contribution is 7.19. The van der Waals surface area contributed by atoms with Gasteiger partial charge in [-0.3, -0.25) is 5.10 Å². The monoisotopic (exact) mass is 417 g/mol. The molecular formula is C21H19N7OS. The standard InChI is InChI=1S/C21H19N7OS/c1-2-15(16-11-23-26-17(16)3-1)20-24-18-10-14(12-27-5-4-22-13-27)30-19(18)21(25-20)28-6-8-29-9-7-28/h1-5,10-11,13H,6-9,12H2,(H,23,26). The fourth-order valence-electron chi connectivity index (χ4n) is 3.88. The van der Waals surface area contributed by atoms with Gasteiger partial charge in [-0.2, -0.15) is 5.10 Å². The van der Waals surface area contributed by atoms with Crippen molar-refractivity contribution < 1.29 is 4.74 Å². The van der Waals surface area contributed by atoms with E-state index < -0.39 is 0 Å². The van der Waals surface area contributed by atoms with Gasteiger partial charge in [-0.05, 0) is 12.1 Å². The predicted molar refractivity (Wildman–Crippen MR) is 117 cm³/mol. The molecule has 6 rings (SSSR count). The zero-order valence-electron chi connectivity index (χ0n) is 16.2. The van der Waals surface area contributed by atoms with Gasteiger partial charge in [-0.25, -0.2) is 15.0 Å². The van der Waals surface area contributed by atoms with Crippen LogP contribution in [-0.4, -0.2) is 56.0 Å². The van der Waals surface area contributed by atoms with Crippen molar-refractivity contribution >= 4 is 38.3 Å². The van der Waals surface area contributed by atoms with E-state index in [9.17, 15) is 0 Å². The molecular weight excluding hydrogens is 398 g/mol. The Morgan fingerprint density at radius 1 is 1.17 bits per heavy atom. The molecule has 0 spiro atoms. The number of nitrogens with one attached hydrogen (secondary N) is 1. The molecule has 9 heteroatoms. The Labute approximate surface area is 176 Å². The summed E-state index contributed by atoms with van der Waals surface area (Å²) in [5, 5.41) is 8.25. The van der Waals surface area contributed by atoms with Gasteiger partial charge in [0.25, 0.3) is 0 Å². The number of benzene rings is 1. The number of hydrogen-bond donors (Lipinski definition) is 1. The van der Waals surface area contributed by atoms with Crippen molar-refractivity contribution in [3.63, 3.8) is 0 Å². The maximum Gasteiger partial charge on any atom is 0.162 e. The van der Waals surface area contributed by atoms with Gasteiger partial charge in [-0.15, -0.1) is 11.3 Å². The number of fused-ring (bicyclic) bond motifs is 2. The van der Waals surface area contributed by atoms with E-state index in [1.54, 1.807) is 17.5 Å². The molecule has 1 aliphatic rings. The van der Waals surface area contributed by atoms with Crippen molar-refractivity contribution in [2.24, 2.45) is 0 Å². The number of morpholine rings is 1. The van der Waals surface area contributed by atoms with Crippen molar-refractivity contribution in [3.8, 4) is 11.4 Å². The smallest absolute Gasteiger partial charge is 0.162 e. The number of hydrogen-bond acceptors (Lipinski definition) is 7. The normalized spacial score (nSPS) is 14.7. The summed E-state index contributed by atoms with van der Waals surface area (Å²) in [4.78, 5) is 17.7. The minimum Gasteiger partial charge on any atom is -0.378 e. The van der Waals surface area contributed by atoms with Crippen LogP contribution in [0.5, 0.6) is 0 Å². The van der Waals surface area contributed by atoms with E-state index >= 15 is 0 Å². The van der Waals surface area contributed by atoms with Crippen molar-refractivity contribution in [2.45, 2.75) is 6.54 Å². The summed E-state index contributed by atoms with van der Waals surface area (Å²) in [5.41, 5.74) is 2.94. The Morgan fingerprint density at radius 2 is 2.10 bits per heavy atom. The van der Waals surface area contributed by atoms with Gasteiger partial charge in [0.1, 0.15) is 0 Å². The molecule has 150 valence electrons. The van der Waals surface area contributed by atoms with Crippen molar-refractivity contribution in [3.05, 3.63) is 54.1 Å². The Kier molecular flexibility index (Phi) is 4.21. The molecule has 1 aliphatic heterocycles. The molecule has 0 aliphatic carbocycles. The van der Waals surface area contributed by atoms with E-state index in [1.165, 1.54) is 4.88 Å². The molecule has 5 aromatic rings. The van der Waals surface area contributed by atoms with E-state index in [1.807, 2.05) is 30.9 Å². The first kappa shape index (κ1) is 17.5. The lowest BCUT2D eigenvalue weighted by Gasteiger charge is -2.28. The zero-order valence-corrected chi connectivity index (χ0v) is 17.0. The fourth-order valence-corrected chi connectivity index (χ4v) is 5.00. The van der Waals surface area contributed by atoms with Crippen LogP contribution in [0.15, 0.2) is 49.2 Å². The summed E-state index contributed by atoms with van der Waals surface area (Å²) in [7, 11) is 0. The summed E-state index contributed by atoms with van der Waals surface area (Å²) >= 11 is 1.75. The predicted octanol–water partition coefficient (Wildman–Crippen LogP) is 3.32. The Balaban J connectivity index is 1.52. The van der Waals surface area contributed by atoms with E-state index in [2.05, 4.69) is 36.8 Å². The van der Waals surface area contributed by atoms with Crippen LogP contribution in [0.1, 0.15) is 4.88 Å². The number of nitrogens with zero attached hydrogens (tertiary/aromatic N) is 6. The summed E-state index contributed by atoms with van der Waals surface area (Å²) in [5.74, 6) is 1.71. The summed E-state index contributed by atoms with van der Waals surface area (Å²) in [6.45, 7) is 3.86. The molecule has 30 heavy (non-hydrogen) atoms. The van der Waals surface area contributed by atoms with Crippen LogP contribution in [0.2, 0.25) is 0 Å². The summed E-state index contributed by atoms with van der Waals surface area (Å²) < 4.78 is 8.76. The number of ether oxygens (including phenoxy) is 1. The lowest BCUT2D eigenvalue weighted by Crippen LogP contribution is -2.36. The van der Waals surface area contributed by atoms with E-state index in [0.717, 1.165) is 58.0 Å². The second-order valence-electron chi connectivity index (χ2n) is 7.27. The molecule has 0 radical (unpaired) electrons. The number of H-pyrrole nitrogens is 1. The Bertz CT molecular complexity index is 1320. The molecule has 5 heterocycles. The Morgan fingerprint density at radius 3 is 2.97 bits per heavy atom. The maximum atomic E-state index is 5.57.